The molecule has 0 amide bonds. The van der Waals surface area contributed by atoms with Crippen molar-refractivity contribution in [1.82, 2.24) is 9.38 Å². The lowest BCUT2D eigenvalue weighted by Crippen LogP contribution is -1.92. The number of nitrogens with zero attached hydrogens (tertiary/aromatic N) is 3. The number of ether oxygens (including phenoxy) is 2. The van der Waals surface area contributed by atoms with Gasteiger partial charge in [0.1, 0.15) is 17.4 Å². The van der Waals surface area contributed by atoms with Crippen molar-refractivity contribution >= 4 is 17.2 Å². The number of benzene rings is 1. The van der Waals surface area contributed by atoms with Gasteiger partial charge in [-0.15, -0.1) is 0 Å². The fourth-order valence-electron chi connectivity index (χ4n) is 2.31. The lowest BCUT2D eigenvalue weighted by atomic mass is 10.1. The van der Waals surface area contributed by atoms with Gasteiger partial charge in [0.15, 0.2) is 17.2 Å². The molecule has 0 atom stereocenters. The van der Waals surface area contributed by atoms with Gasteiger partial charge < -0.3 is 9.47 Å². The summed E-state index contributed by atoms with van der Waals surface area (Å²) < 4.78 is 12.2. The van der Waals surface area contributed by atoms with Crippen molar-refractivity contribution in [3.05, 3.63) is 47.2 Å². The highest BCUT2D eigenvalue weighted by Crippen LogP contribution is 2.33. The molecule has 0 aliphatic carbocycles. The Kier molecular flexibility index (Phi) is 3.61. The third-order valence-corrected chi connectivity index (χ3v) is 3.57. The van der Waals surface area contributed by atoms with Crippen LogP contribution in [0.25, 0.3) is 16.9 Å². The van der Waals surface area contributed by atoms with Gasteiger partial charge in [-0.25, -0.2) is 4.98 Å². The summed E-state index contributed by atoms with van der Waals surface area (Å²) in [5.41, 5.74) is 2.43. The molecule has 2 heterocycles. The van der Waals surface area contributed by atoms with Crippen LogP contribution in [0.3, 0.4) is 0 Å². The number of methoxy groups -OCH3 is 2. The Labute approximate surface area is 132 Å². The monoisotopic (exact) mass is 313 g/mol. The van der Waals surface area contributed by atoms with Gasteiger partial charge in [-0.2, -0.15) is 5.26 Å². The van der Waals surface area contributed by atoms with E-state index in [4.69, 9.17) is 21.1 Å². The number of hydrogen-bond donors (Lipinski definition) is 0. The lowest BCUT2D eigenvalue weighted by Gasteiger charge is -2.08. The number of aromatic nitrogens is 2. The zero-order valence-electron chi connectivity index (χ0n) is 12.0. The number of hydrogen-bond acceptors (Lipinski definition) is 4. The quantitative estimate of drug-likeness (QED) is 0.742. The Bertz CT molecular complexity index is 896. The van der Waals surface area contributed by atoms with Crippen molar-refractivity contribution in [3.8, 4) is 28.8 Å². The fraction of sp³-hybridized carbons (Fsp3) is 0.125. The van der Waals surface area contributed by atoms with E-state index < -0.39 is 0 Å². The maximum Gasteiger partial charge on any atom is 0.161 e. The van der Waals surface area contributed by atoms with Crippen molar-refractivity contribution in [1.29, 1.82) is 5.26 Å². The zero-order chi connectivity index (χ0) is 15.7. The average molecular weight is 314 g/mol. The number of imidazole rings is 1. The van der Waals surface area contributed by atoms with Crippen LogP contribution in [-0.2, 0) is 0 Å². The smallest absolute Gasteiger partial charge is 0.161 e. The molecule has 6 heteroatoms. The van der Waals surface area contributed by atoms with Crippen molar-refractivity contribution < 1.29 is 9.47 Å². The van der Waals surface area contributed by atoms with E-state index in [2.05, 4.69) is 11.1 Å². The topological polar surface area (TPSA) is 59.5 Å². The minimum Gasteiger partial charge on any atom is -0.493 e. The van der Waals surface area contributed by atoms with Crippen molar-refractivity contribution in [3.63, 3.8) is 0 Å². The molecule has 3 rings (SSSR count). The summed E-state index contributed by atoms with van der Waals surface area (Å²) in [6.45, 7) is 0. The first-order chi connectivity index (χ1) is 10.7. The second-order valence-corrected chi connectivity index (χ2v) is 5.00. The minimum absolute atomic E-state index is 0.421. The molecule has 2 aromatic heterocycles. The second kappa shape index (κ2) is 5.58. The molecule has 0 aliphatic heterocycles. The second-order valence-electron chi connectivity index (χ2n) is 4.57. The van der Waals surface area contributed by atoms with E-state index in [9.17, 15) is 5.26 Å². The Morgan fingerprint density at radius 3 is 2.59 bits per heavy atom. The molecular weight excluding hydrogens is 302 g/mol. The molecule has 110 valence electrons. The highest BCUT2D eigenvalue weighted by molar-refractivity contribution is 6.30. The Hall–Kier alpha value is -2.71. The standard InChI is InChI=1S/C16H12ClN3O2/c1-21-13-5-3-10(7-14(13)22-2)16-12(8-18)20-9-11(17)4-6-15(20)19-16/h3-7,9H,1-2H3. The van der Waals surface area contributed by atoms with Crippen LogP contribution in [0.15, 0.2) is 36.5 Å². The molecule has 3 aromatic rings. The Morgan fingerprint density at radius 2 is 1.91 bits per heavy atom. The first kappa shape index (κ1) is 14.2. The van der Waals surface area contributed by atoms with Crippen molar-refractivity contribution in [2.45, 2.75) is 0 Å². The van der Waals surface area contributed by atoms with Gasteiger partial charge in [0, 0.05) is 11.8 Å². The van der Waals surface area contributed by atoms with Crippen molar-refractivity contribution in [2.24, 2.45) is 0 Å². The summed E-state index contributed by atoms with van der Waals surface area (Å²) in [6, 6.07) is 11.1. The van der Waals surface area contributed by atoms with Gasteiger partial charge in [-0.3, -0.25) is 4.40 Å². The van der Waals surface area contributed by atoms with Crippen LogP contribution in [0, 0.1) is 11.3 Å². The molecule has 0 N–H and O–H groups in total. The minimum atomic E-state index is 0.421. The zero-order valence-corrected chi connectivity index (χ0v) is 12.8. The molecule has 0 saturated heterocycles. The van der Waals surface area contributed by atoms with Crippen LogP contribution < -0.4 is 9.47 Å². The largest absolute Gasteiger partial charge is 0.493 e. The highest BCUT2D eigenvalue weighted by atomic mass is 35.5. The molecule has 0 radical (unpaired) electrons. The van der Waals surface area contributed by atoms with Gasteiger partial charge in [0.05, 0.1) is 19.2 Å². The molecule has 0 unspecified atom stereocenters. The third-order valence-electron chi connectivity index (χ3n) is 3.35. The molecule has 0 fully saturated rings. The van der Waals surface area contributed by atoms with E-state index in [1.54, 1.807) is 49.1 Å². The molecule has 0 saturated carbocycles. The molecule has 22 heavy (non-hydrogen) atoms. The van der Waals surface area contributed by atoms with Crippen LogP contribution >= 0.6 is 11.6 Å². The molecule has 0 aliphatic rings. The summed E-state index contributed by atoms with van der Waals surface area (Å²) in [5, 5.41) is 10.0. The predicted octanol–water partition coefficient (Wildman–Crippen LogP) is 3.54. The van der Waals surface area contributed by atoms with Crippen LogP contribution in [0.4, 0.5) is 0 Å². The predicted molar refractivity (Wildman–Crippen MR) is 83.5 cm³/mol. The van der Waals surface area contributed by atoms with Crippen LogP contribution in [0.5, 0.6) is 11.5 Å². The first-order valence-electron chi connectivity index (χ1n) is 6.48. The van der Waals surface area contributed by atoms with Crippen molar-refractivity contribution in [2.75, 3.05) is 14.2 Å². The Balaban J connectivity index is 2.24. The average Bonchev–Trinajstić information content (AvgIpc) is 2.91. The number of fused-ring (bicyclic) bond motifs is 1. The summed E-state index contributed by atoms with van der Waals surface area (Å²) in [7, 11) is 3.14. The van der Waals surface area contributed by atoms with E-state index >= 15 is 0 Å². The molecular formula is C16H12ClN3O2. The number of pyridine rings is 1. The molecule has 1 aromatic carbocycles. The fourth-order valence-corrected chi connectivity index (χ4v) is 2.47. The number of rotatable bonds is 3. The molecule has 5 nitrogen and oxygen atoms in total. The molecule has 0 spiro atoms. The number of nitriles is 1. The van der Waals surface area contributed by atoms with Gasteiger partial charge in [0.25, 0.3) is 0 Å². The van der Waals surface area contributed by atoms with Gasteiger partial charge in [0.2, 0.25) is 0 Å². The van der Waals surface area contributed by atoms with E-state index in [0.717, 1.165) is 5.56 Å². The van der Waals surface area contributed by atoms with E-state index in [0.29, 0.717) is 33.6 Å². The van der Waals surface area contributed by atoms with E-state index in [-0.39, 0.29) is 0 Å². The van der Waals surface area contributed by atoms with Crippen LogP contribution in [0.2, 0.25) is 5.02 Å². The number of halogens is 1. The summed E-state index contributed by atoms with van der Waals surface area (Å²) in [5.74, 6) is 1.20. The Morgan fingerprint density at radius 1 is 1.14 bits per heavy atom. The summed E-state index contributed by atoms with van der Waals surface area (Å²) in [6.07, 6.45) is 1.67. The van der Waals surface area contributed by atoms with E-state index in [1.165, 1.54) is 0 Å². The third kappa shape index (κ3) is 2.24. The first-order valence-corrected chi connectivity index (χ1v) is 6.86. The normalized spacial score (nSPS) is 10.5. The maximum absolute atomic E-state index is 9.47. The van der Waals surface area contributed by atoms with Gasteiger partial charge >= 0.3 is 0 Å². The SMILES string of the molecule is COc1ccc(-c2nc3ccc(Cl)cn3c2C#N)cc1OC. The highest BCUT2D eigenvalue weighted by Gasteiger charge is 2.16. The summed E-state index contributed by atoms with van der Waals surface area (Å²) in [4.78, 5) is 4.51. The van der Waals surface area contributed by atoms with Crippen LogP contribution in [-0.4, -0.2) is 23.6 Å². The van der Waals surface area contributed by atoms with Gasteiger partial charge in [-0.05, 0) is 30.3 Å². The van der Waals surface area contributed by atoms with E-state index in [1.807, 2.05) is 6.07 Å². The van der Waals surface area contributed by atoms with Gasteiger partial charge in [-0.1, -0.05) is 11.6 Å². The van der Waals surface area contributed by atoms with Crippen LogP contribution in [0.1, 0.15) is 5.69 Å². The summed E-state index contributed by atoms with van der Waals surface area (Å²) >= 11 is 6.00. The lowest BCUT2D eigenvalue weighted by molar-refractivity contribution is 0.355. The molecule has 0 bridgehead atoms. The maximum atomic E-state index is 9.47.